The van der Waals surface area contributed by atoms with Gasteiger partial charge in [-0.1, -0.05) is 6.07 Å². The van der Waals surface area contributed by atoms with E-state index >= 15 is 0 Å². The summed E-state index contributed by atoms with van der Waals surface area (Å²) in [6.07, 6.45) is 3.69. The average Bonchev–Trinajstić information content (AvgIpc) is 2.93. The number of nitrogens with one attached hydrogen (secondary N) is 1. The summed E-state index contributed by atoms with van der Waals surface area (Å²) < 4.78 is 7.21. The molecule has 1 aromatic carbocycles. The molecule has 0 saturated heterocycles. The number of nitrogens with zero attached hydrogens (tertiary/aromatic N) is 2. The van der Waals surface area contributed by atoms with Gasteiger partial charge in [0.05, 0.1) is 12.8 Å². The van der Waals surface area contributed by atoms with Crippen molar-refractivity contribution >= 4 is 5.91 Å². The van der Waals surface area contributed by atoms with E-state index in [9.17, 15) is 4.79 Å². The van der Waals surface area contributed by atoms with Gasteiger partial charge in [-0.15, -0.1) is 0 Å². The minimum absolute atomic E-state index is 0.115. The lowest BCUT2D eigenvalue weighted by molar-refractivity contribution is 0.0950. The molecule has 1 heterocycles. The van der Waals surface area contributed by atoms with Crippen molar-refractivity contribution in [3.05, 3.63) is 47.8 Å². The van der Waals surface area contributed by atoms with Gasteiger partial charge in [-0.3, -0.25) is 9.48 Å². The monoisotopic (exact) mass is 273 g/mol. The van der Waals surface area contributed by atoms with Crippen LogP contribution >= 0.6 is 0 Å². The van der Waals surface area contributed by atoms with Crippen LogP contribution in [-0.4, -0.2) is 22.3 Å². The normalized spacial score (nSPS) is 10.3. The van der Waals surface area contributed by atoms with Crippen LogP contribution in [0.2, 0.25) is 0 Å². The summed E-state index contributed by atoms with van der Waals surface area (Å²) >= 11 is 0. The molecule has 0 fully saturated rings. The molecule has 0 saturated carbocycles. The van der Waals surface area contributed by atoms with E-state index < -0.39 is 0 Å². The maximum absolute atomic E-state index is 12.1. The first-order valence-electron chi connectivity index (χ1n) is 6.75. The van der Waals surface area contributed by atoms with Crippen LogP contribution in [0.5, 0.6) is 5.75 Å². The van der Waals surface area contributed by atoms with Crippen LogP contribution in [0.3, 0.4) is 0 Å². The van der Waals surface area contributed by atoms with Crippen molar-refractivity contribution in [1.29, 1.82) is 0 Å². The Morgan fingerprint density at radius 3 is 2.95 bits per heavy atom. The zero-order valence-electron chi connectivity index (χ0n) is 11.8. The second kappa shape index (κ2) is 6.75. The van der Waals surface area contributed by atoms with E-state index in [-0.39, 0.29) is 5.91 Å². The van der Waals surface area contributed by atoms with Crippen molar-refractivity contribution in [2.75, 3.05) is 6.61 Å². The number of rotatable bonds is 6. The smallest absolute Gasteiger partial charge is 0.251 e. The van der Waals surface area contributed by atoms with Gasteiger partial charge in [-0.2, -0.15) is 5.10 Å². The first kappa shape index (κ1) is 14.1. The maximum Gasteiger partial charge on any atom is 0.251 e. The number of carbonyl (C=O) groups excluding carboxylic acids is 1. The maximum atomic E-state index is 12.1. The highest BCUT2D eigenvalue weighted by Gasteiger charge is 2.07. The number of ether oxygens (including phenoxy) is 1. The van der Waals surface area contributed by atoms with E-state index in [4.69, 9.17) is 4.74 Å². The Balaban J connectivity index is 1.95. The van der Waals surface area contributed by atoms with E-state index in [1.165, 1.54) is 0 Å². The molecule has 0 aliphatic rings. The van der Waals surface area contributed by atoms with E-state index in [0.29, 0.717) is 24.5 Å². The molecule has 106 valence electrons. The van der Waals surface area contributed by atoms with E-state index in [1.54, 1.807) is 18.3 Å². The summed E-state index contributed by atoms with van der Waals surface area (Å²) in [4.78, 5) is 12.1. The first-order valence-corrected chi connectivity index (χ1v) is 6.75. The summed E-state index contributed by atoms with van der Waals surface area (Å²) in [7, 11) is 0. The third-order valence-corrected chi connectivity index (χ3v) is 2.87. The van der Waals surface area contributed by atoms with Crippen molar-refractivity contribution in [2.45, 2.75) is 26.9 Å². The molecule has 0 aliphatic heterocycles. The molecule has 2 rings (SSSR count). The van der Waals surface area contributed by atoms with Crippen molar-refractivity contribution in [1.82, 2.24) is 15.1 Å². The van der Waals surface area contributed by atoms with Crippen LogP contribution in [0, 0.1) is 0 Å². The summed E-state index contributed by atoms with van der Waals surface area (Å²) in [5.74, 6) is 0.592. The van der Waals surface area contributed by atoms with E-state index in [0.717, 1.165) is 12.1 Å². The summed E-state index contributed by atoms with van der Waals surface area (Å²) in [5.41, 5.74) is 1.58. The lowest BCUT2D eigenvalue weighted by Crippen LogP contribution is -2.22. The molecule has 1 aromatic heterocycles. The molecule has 5 heteroatoms. The Morgan fingerprint density at radius 2 is 2.25 bits per heavy atom. The number of amides is 1. The lowest BCUT2D eigenvalue weighted by atomic mass is 10.2. The van der Waals surface area contributed by atoms with Crippen molar-refractivity contribution in [2.24, 2.45) is 0 Å². The fourth-order valence-corrected chi connectivity index (χ4v) is 1.85. The Kier molecular flexibility index (Phi) is 4.76. The highest BCUT2D eigenvalue weighted by molar-refractivity contribution is 5.94. The third-order valence-electron chi connectivity index (χ3n) is 2.87. The van der Waals surface area contributed by atoms with Crippen LogP contribution in [0.1, 0.15) is 29.8 Å². The predicted molar refractivity (Wildman–Crippen MR) is 76.7 cm³/mol. The fraction of sp³-hybridized carbons (Fsp3) is 0.333. The average molecular weight is 273 g/mol. The number of hydrogen-bond acceptors (Lipinski definition) is 3. The highest BCUT2D eigenvalue weighted by Crippen LogP contribution is 2.13. The van der Waals surface area contributed by atoms with Crippen LogP contribution in [0.15, 0.2) is 36.7 Å². The van der Waals surface area contributed by atoms with Gasteiger partial charge in [0.1, 0.15) is 5.75 Å². The minimum Gasteiger partial charge on any atom is -0.494 e. The van der Waals surface area contributed by atoms with Gasteiger partial charge in [0.25, 0.3) is 5.91 Å². The Hall–Kier alpha value is -2.30. The van der Waals surface area contributed by atoms with Gasteiger partial charge in [-0.05, 0) is 32.0 Å². The molecule has 0 aliphatic carbocycles. The number of aromatic nitrogens is 2. The van der Waals surface area contributed by atoms with Gasteiger partial charge in [-0.25, -0.2) is 0 Å². The summed E-state index contributed by atoms with van der Waals surface area (Å²) in [6.45, 7) is 5.82. The zero-order chi connectivity index (χ0) is 14.4. The highest BCUT2D eigenvalue weighted by atomic mass is 16.5. The van der Waals surface area contributed by atoms with Crippen molar-refractivity contribution in [3.63, 3.8) is 0 Å². The molecule has 2 aromatic rings. The number of hydrogen-bond donors (Lipinski definition) is 1. The van der Waals surface area contributed by atoms with Crippen molar-refractivity contribution < 1.29 is 9.53 Å². The quantitative estimate of drug-likeness (QED) is 0.878. The van der Waals surface area contributed by atoms with Crippen LogP contribution in [-0.2, 0) is 13.1 Å². The van der Waals surface area contributed by atoms with Gasteiger partial charge in [0, 0.05) is 30.4 Å². The second-order valence-corrected chi connectivity index (χ2v) is 4.35. The Bertz CT molecular complexity index is 578. The van der Waals surface area contributed by atoms with E-state index in [1.807, 2.05) is 36.9 Å². The first-order chi connectivity index (χ1) is 9.72. The minimum atomic E-state index is -0.115. The van der Waals surface area contributed by atoms with Gasteiger partial charge in [0.15, 0.2) is 0 Å². The predicted octanol–water partition coefficient (Wildman–Crippen LogP) is 2.23. The molecular weight excluding hydrogens is 254 g/mol. The molecule has 0 bridgehead atoms. The third kappa shape index (κ3) is 3.60. The summed E-state index contributed by atoms with van der Waals surface area (Å²) in [6, 6.07) is 7.17. The topological polar surface area (TPSA) is 56.1 Å². The zero-order valence-corrected chi connectivity index (χ0v) is 11.8. The SMILES string of the molecule is CCOc1cccc(C(=O)NCc2cnn(CC)c2)c1. The van der Waals surface area contributed by atoms with Crippen LogP contribution in [0.25, 0.3) is 0 Å². The number of carbonyl (C=O) groups is 1. The molecule has 5 nitrogen and oxygen atoms in total. The molecule has 0 atom stereocenters. The van der Waals surface area contributed by atoms with Crippen molar-refractivity contribution in [3.8, 4) is 5.75 Å². The molecule has 0 spiro atoms. The second-order valence-electron chi connectivity index (χ2n) is 4.35. The number of aryl methyl sites for hydroxylation is 1. The molecule has 20 heavy (non-hydrogen) atoms. The van der Waals surface area contributed by atoms with Gasteiger partial charge < -0.3 is 10.1 Å². The molecule has 1 amide bonds. The standard InChI is InChI=1S/C15H19N3O2/c1-3-18-11-12(10-17-18)9-16-15(19)13-6-5-7-14(8-13)20-4-2/h5-8,10-11H,3-4,9H2,1-2H3,(H,16,19). The number of benzene rings is 1. The largest absolute Gasteiger partial charge is 0.494 e. The summed E-state index contributed by atoms with van der Waals surface area (Å²) in [5, 5.41) is 7.04. The molecule has 0 radical (unpaired) electrons. The van der Waals surface area contributed by atoms with Crippen LogP contribution < -0.4 is 10.1 Å². The Labute approximate surface area is 118 Å². The lowest BCUT2D eigenvalue weighted by Gasteiger charge is -2.06. The van der Waals surface area contributed by atoms with Gasteiger partial charge in [0.2, 0.25) is 0 Å². The van der Waals surface area contributed by atoms with Crippen LogP contribution in [0.4, 0.5) is 0 Å². The van der Waals surface area contributed by atoms with Gasteiger partial charge >= 0.3 is 0 Å². The molecule has 0 unspecified atom stereocenters. The Morgan fingerprint density at radius 1 is 1.40 bits per heavy atom. The fourth-order valence-electron chi connectivity index (χ4n) is 1.85. The molecule has 1 N–H and O–H groups in total. The van der Waals surface area contributed by atoms with E-state index in [2.05, 4.69) is 10.4 Å². The molecular formula is C15H19N3O2.